The predicted octanol–water partition coefficient (Wildman–Crippen LogP) is 2.43. The summed E-state index contributed by atoms with van der Waals surface area (Å²) in [5, 5.41) is 20.8. The SMILES string of the molecule is N#C[C@H](NC(=O)COc1ccccc1O)c1ccc(F)cc1F. The number of nitrogens with zero attached hydrogens (tertiary/aromatic N) is 1. The zero-order valence-electron chi connectivity index (χ0n) is 11.8. The number of para-hydroxylation sites is 2. The predicted molar refractivity (Wildman–Crippen MR) is 76.5 cm³/mol. The third-order valence-corrected chi connectivity index (χ3v) is 2.93. The van der Waals surface area contributed by atoms with E-state index in [1.54, 1.807) is 18.2 Å². The molecule has 0 aromatic heterocycles. The van der Waals surface area contributed by atoms with Crippen LogP contribution in [-0.2, 0) is 4.79 Å². The molecule has 7 heteroatoms. The van der Waals surface area contributed by atoms with Crippen molar-refractivity contribution in [3.8, 4) is 17.6 Å². The first-order chi connectivity index (χ1) is 11.0. The number of ether oxygens (including phenoxy) is 1. The van der Waals surface area contributed by atoms with Gasteiger partial charge in [0, 0.05) is 11.6 Å². The van der Waals surface area contributed by atoms with Crippen molar-refractivity contribution < 1.29 is 23.4 Å². The summed E-state index contributed by atoms with van der Waals surface area (Å²) in [6, 6.07) is 9.20. The van der Waals surface area contributed by atoms with E-state index in [4.69, 9.17) is 10.00 Å². The van der Waals surface area contributed by atoms with Crippen LogP contribution in [0.4, 0.5) is 8.78 Å². The van der Waals surface area contributed by atoms with Gasteiger partial charge in [-0.1, -0.05) is 18.2 Å². The molecule has 2 N–H and O–H groups in total. The Bertz CT molecular complexity index is 759. The number of amides is 1. The number of halogens is 2. The second-order valence-corrected chi connectivity index (χ2v) is 4.55. The number of phenolic OH excluding ortho intramolecular Hbond substituents is 1. The lowest BCUT2D eigenvalue weighted by Gasteiger charge is -2.13. The molecule has 0 spiro atoms. The highest BCUT2D eigenvalue weighted by Crippen LogP contribution is 2.24. The summed E-state index contributed by atoms with van der Waals surface area (Å²) in [5.41, 5.74) is -0.148. The van der Waals surface area contributed by atoms with Crippen LogP contribution in [0.3, 0.4) is 0 Å². The largest absolute Gasteiger partial charge is 0.504 e. The number of rotatable bonds is 5. The van der Waals surface area contributed by atoms with Gasteiger partial charge in [0.1, 0.15) is 17.7 Å². The second-order valence-electron chi connectivity index (χ2n) is 4.55. The minimum absolute atomic E-state index is 0.101. The van der Waals surface area contributed by atoms with Crippen molar-refractivity contribution >= 4 is 5.91 Å². The smallest absolute Gasteiger partial charge is 0.259 e. The van der Waals surface area contributed by atoms with Gasteiger partial charge in [-0.3, -0.25) is 4.79 Å². The topological polar surface area (TPSA) is 82.4 Å². The van der Waals surface area contributed by atoms with Gasteiger partial charge in [0.05, 0.1) is 6.07 Å². The average molecular weight is 318 g/mol. The first-order valence-corrected chi connectivity index (χ1v) is 6.56. The van der Waals surface area contributed by atoms with Crippen LogP contribution in [0.2, 0.25) is 0 Å². The first kappa shape index (κ1) is 16.2. The number of carbonyl (C=O) groups excluding carboxylic acids is 1. The van der Waals surface area contributed by atoms with Crippen LogP contribution in [0.15, 0.2) is 42.5 Å². The fourth-order valence-electron chi connectivity index (χ4n) is 1.84. The molecule has 0 aliphatic heterocycles. The quantitative estimate of drug-likeness (QED) is 0.887. The molecule has 118 valence electrons. The Labute approximate surface area is 130 Å². The van der Waals surface area contributed by atoms with Crippen LogP contribution in [-0.4, -0.2) is 17.6 Å². The van der Waals surface area contributed by atoms with Gasteiger partial charge in [-0.2, -0.15) is 5.26 Å². The summed E-state index contributed by atoms with van der Waals surface area (Å²) in [7, 11) is 0. The van der Waals surface area contributed by atoms with Crippen molar-refractivity contribution in [2.45, 2.75) is 6.04 Å². The summed E-state index contributed by atoms with van der Waals surface area (Å²) in [6.07, 6.45) is 0. The Hall–Kier alpha value is -3.14. The fraction of sp³-hybridized carbons (Fsp3) is 0.125. The van der Waals surface area contributed by atoms with Crippen molar-refractivity contribution in [1.82, 2.24) is 5.32 Å². The highest BCUT2D eigenvalue weighted by Gasteiger charge is 2.18. The monoisotopic (exact) mass is 318 g/mol. The van der Waals surface area contributed by atoms with Gasteiger partial charge in [0.25, 0.3) is 5.91 Å². The molecule has 23 heavy (non-hydrogen) atoms. The Morgan fingerprint density at radius 3 is 2.70 bits per heavy atom. The van der Waals surface area contributed by atoms with E-state index in [9.17, 15) is 18.7 Å². The van der Waals surface area contributed by atoms with Crippen molar-refractivity contribution in [1.29, 1.82) is 5.26 Å². The number of carbonyl (C=O) groups is 1. The standard InChI is InChI=1S/C16H12F2N2O3/c17-10-5-6-11(12(18)7-10)13(8-19)20-16(22)9-23-15-4-2-1-3-14(15)21/h1-7,13,21H,9H2,(H,20,22)/t13-/m0/s1. The second kappa shape index (κ2) is 7.22. The number of hydrogen-bond donors (Lipinski definition) is 2. The van der Waals surface area contributed by atoms with Gasteiger partial charge in [0.15, 0.2) is 18.1 Å². The summed E-state index contributed by atoms with van der Waals surface area (Å²) in [5.74, 6) is -2.44. The highest BCUT2D eigenvalue weighted by atomic mass is 19.1. The minimum atomic E-state index is -1.28. The molecule has 2 rings (SSSR count). The molecular formula is C16H12F2N2O3. The van der Waals surface area contributed by atoms with Crippen LogP contribution >= 0.6 is 0 Å². The normalized spacial score (nSPS) is 11.3. The zero-order chi connectivity index (χ0) is 16.8. The molecule has 5 nitrogen and oxygen atoms in total. The highest BCUT2D eigenvalue weighted by molar-refractivity contribution is 5.78. The van der Waals surface area contributed by atoms with Crippen LogP contribution < -0.4 is 10.1 Å². The zero-order valence-corrected chi connectivity index (χ0v) is 11.8. The summed E-state index contributed by atoms with van der Waals surface area (Å²) >= 11 is 0. The van der Waals surface area contributed by atoms with E-state index in [-0.39, 0.29) is 17.1 Å². The van der Waals surface area contributed by atoms with Gasteiger partial charge < -0.3 is 15.2 Å². The molecule has 2 aromatic carbocycles. The molecular weight excluding hydrogens is 306 g/mol. The number of hydrogen-bond acceptors (Lipinski definition) is 4. The summed E-state index contributed by atoms with van der Waals surface area (Å²) < 4.78 is 31.6. The number of phenols is 1. The van der Waals surface area contributed by atoms with E-state index in [0.717, 1.165) is 12.1 Å². The molecule has 0 aliphatic rings. The van der Waals surface area contributed by atoms with E-state index >= 15 is 0 Å². The maximum absolute atomic E-state index is 13.6. The van der Waals surface area contributed by atoms with Gasteiger partial charge in [0.2, 0.25) is 0 Å². The maximum Gasteiger partial charge on any atom is 0.259 e. The van der Waals surface area contributed by atoms with E-state index in [0.29, 0.717) is 6.07 Å². The Morgan fingerprint density at radius 1 is 1.30 bits per heavy atom. The minimum Gasteiger partial charge on any atom is -0.504 e. The molecule has 0 heterocycles. The number of benzene rings is 2. The lowest BCUT2D eigenvalue weighted by molar-refractivity contribution is -0.123. The summed E-state index contributed by atoms with van der Waals surface area (Å²) in [4.78, 5) is 11.8. The molecule has 0 bridgehead atoms. The van der Waals surface area contributed by atoms with E-state index < -0.39 is 30.2 Å². The van der Waals surface area contributed by atoms with Crippen molar-refractivity contribution in [3.63, 3.8) is 0 Å². The molecule has 0 saturated carbocycles. The number of nitrogens with one attached hydrogen (secondary N) is 1. The van der Waals surface area contributed by atoms with Crippen LogP contribution in [0, 0.1) is 23.0 Å². The molecule has 0 unspecified atom stereocenters. The lowest BCUT2D eigenvalue weighted by Crippen LogP contribution is -2.32. The van der Waals surface area contributed by atoms with Gasteiger partial charge >= 0.3 is 0 Å². The van der Waals surface area contributed by atoms with Crippen LogP contribution in [0.25, 0.3) is 0 Å². The molecule has 0 aliphatic carbocycles. The molecule has 0 radical (unpaired) electrons. The third kappa shape index (κ3) is 4.17. The van der Waals surface area contributed by atoms with Gasteiger partial charge in [-0.15, -0.1) is 0 Å². The maximum atomic E-state index is 13.6. The molecule has 1 amide bonds. The fourth-order valence-corrected chi connectivity index (χ4v) is 1.84. The number of nitriles is 1. The van der Waals surface area contributed by atoms with Crippen molar-refractivity contribution in [2.75, 3.05) is 6.61 Å². The van der Waals surface area contributed by atoms with Gasteiger partial charge in [-0.25, -0.2) is 8.78 Å². The summed E-state index contributed by atoms with van der Waals surface area (Å²) in [6.45, 7) is -0.474. The van der Waals surface area contributed by atoms with E-state index in [1.807, 2.05) is 0 Å². The Morgan fingerprint density at radius 2 is 2.04 bits per heavy atom. The molecule has 0 fully saturated rings. The van der Waals surface area contributed by atoms with E-state index in [2.05, 4.69) is 5.32 Å². The Balaban J connectivity index is 2.00. The lowest BCUT2D eigenvalue weighted by atomic mass is 10.1. The van der Waals surface area contributed by atoms with Crippen LogP contribution in [0.5, 0.6) is 11.5 Å². The van der Waals surface area contributed by atoms with Crippen molar-refractivity contribution in [3.05, 3.63) is 59.7 Å². The van der Waals surface area contributed by atoms with E-state index in [1.165, 1.54) is 12.1 Å². The average Bonchev–Trinajstić information content (AvgIpc) is 2.52. The van der Waals surface area contributed by atoms with Gasteiger partial charge in [-0.05, 0) is 18.2 Å². The third-order valence-electron chi connectivity index (χ3n) is 2.93. The van der Waals surface area contributed by atoms with Crippen LogP contribution in [0.1, 0.15) is 11.6 Å². The van der Waals surface area contributed by atoms with Crippen molar-refractivity contribution in [2.24, 2.45) is 0 Å². The Kier molecular flexibility index (Phi) is 5.10. The molecule has 2 aromatic rings. The number of aromatic hydroxyl groups is 1. The molecule has 0 saturated heterocycles. The molecule has 1 atom stereocenters. The first-order valence-electron chi connectivity index (χ1n) is 6.56.